The Hall–Kier alpha value is -3.22. The summed E-state index contributed by atoms with van der Waals surface area (Å²) in [6, 6.07) is 17.0. The third kappa shape index (κ3) is 5.93. The Kier molecular flexibility index (Phi) is 7.28. The van der Waals surface area contributed by atoms with Gasteiger partial charge in [0, 0.05) is 25.0 Å². The minimum atomic E-state index is -0.559. The van der Waals surface area contributed by atoms with Crippen molar-refractivity contribution in [2.24, 2.45) is 0 Å². The van der Waals surface area contributed by atoms with E-state index >= 15 is 0 Å². The molecule has 2 aromatic rings. The maximum absolute atomic E-state index is 12.8. The van der Waals surface area contributed by atoms with Crippen molar-refractivity contribution in [1.29, 1.82) is 0 Å². The fraction of sp³-hybridized carbons (Fsp3) is 0.440. The zero-order valence-electron chi connectivity index (χ0n) is 19.3. The van der Waals surface area contributed by atoms with Crippen molar-refractivity contribution in [3.8, 4) is 5.75 Å². The first kappa shape index (κ1) is 23.4. The van der Waals surface area contributed by atoms with Gasteiger partial charge in [0.2, 0.25) is 0 Å². The number of benzene rings is 2. The lowest BCUT2D eigenvalue weighted by Gasteiger charge is -2.43. The molecule has 7 nitrogen and oxygen atoms in total. The summed E-state index contributed by atoms with van der Waals surface area (Å²) in [7, 11) is 1.57. The molecular weight excluding hydrogens is 406 g/mol. The Morgan fingerprint density at radius 3 is 2.44 bits per heavy atom. The van der Waals surface area contributed by atoms with Gasteiger partial charge in [0.15, 0.2) is 0 Å². The van der Waals surface area contributed by atoms with Crippen LogP contribution in [-0.4, -0.2) is 49.4 Å². The average Bonchev–Trinajstić information content (AvgIpc) is 2.78. The van der Waals surface area contributed by atoms with Crippen LogP contribution in [0.15, 0.2) is 54.6 Å². The van der Waals surface area contributed by atoms with Crippen LogP contribution in [0.25, 0.3) is 0 Å². The van der Waals surface area contributed by atoms with Crippen LogP contribution in [-0.2, 0) is 10.2 Å². The van der Waals surface area contributed by atoms with Crippen LogP contribution in [0.5, 0.6) is 5.75 Å². The maximum atomic E-state index is 12.8. The standard InChI is InChI=1S/C25H33N3O4/c1-24(2,3)32-23(30)28-16-10-15-25(18-28,19-11-6-5-7-12-19)17-26-22(29)27-20-13-8-9-14-21(20)31-4/h5-9,11-14H,10,15-18H2,1-4H3,(H2,26,27,29). The number of anilines is 1. The number of amides is 3. The lowest BCUT2D eigenvalue weighted by atomic mass is 9.74. The highest BCUT2D eigenvalue weighted by Gasteiger charge is 2.40. The number of nitrogens with zero attached hydrogens (tertiary/aromatic N) is 1. The first-order chi connectivity index (χ1) is 15.2. The van der Waals surface area contributed by atoms with E-state index in [2.05, 4.69) is 22.8 Å². The molecule has 0 aliphatic carbocycles. The van der Waals surface area contributed by atoms with Gasteiger partial charge in [0.25, 0.3) is 0 Å². The van der Waals surface area contributed by atoms with Crippen molar-refractivity contribution < 1.29 is 19.1 Å². The number of ether oxygens (including phenoxy) is 2. The van der Waals surface area contributed by atoms with E-state index in [1.807, 2.05) is 51.1 Å². The van der Waals surface area contributed by atoms with Gasteiger partial charge >= 0.3 is 12.1 Å². The predicted molar refractivity (Wildman–Crippen MR) is 125 cm³/mol. The molecule has 0 saturated carbocycles. The van der Waals surface area contributed by atoms with E-state index in [0.29, 0.717) is 31.1 Å². The molecule has 0 radical (unpaired) electrons. The van der Waals surface area contributed by atoms with Crippen molar-refractivity contribution in [1.82, 2.24) is 10.2 Å². The summed E-state index contributed by atoms with van der Waals surface area (Å²) in [5.41, 5.74) is 0.719. The average molecular weight is 440 g/mol. The summed E-state index contributed by atoms with van der Waals surface area (Å²) in [5, 5.41) is 5.87. The van der Waals surface area contributed by atoms with Crippen LogP contribution < -0.4 is 15.4 Å². The van der Waals surface area contributed by atoms with E-state index in [-0.39, 0.29) is 12.1 Å². The second-order valence-corrected chi connectivity index (χ2v) is 9.16. The van der Waals surface area contributed by atoms with E-state index in [1.165, 1.54) is 0 Å². The topological polar surface area (TPSA) is 79.9 Å². The first-order valence-electron chi connectivity index (χ1n) is 10.9. The molecule has 0 bridgehead atoms. The predicted octanol–water partition coefficient (Wildman–Crippen LogP) is 4.79. The van der Waals surface area contributed by atoms with Gasteiger partial charge < -0.3 is 25.0 Å². The third-order valence-corrected chi connectivity index (χ3v) is 5.56. The summed E-state index contributed by atoms with van der Waals surface area (Å²) in [6.45, 7) is 7.09. The quantitative estimate of drug-likeness (QED) is 0.702. The van der Waals surface area contributed by atoms with Crippen molar-refractivity contribution in [3.05, 3.63) is 60.2 Å². The number of likely N-dealkylation sites (tertiary alicyclic amines) is 1. The molecule has 1 saturated heterocycles. The molecular formula is C25H33N3O4. The molecule has 1 heterocycles. The molecule has 3 rings (SSSR count). The fourth-order valence-electron chi connectivity index (χ4n) is 4.05. The monoisotopic (exact) mass is 439 g/mol. The third-order valence-electron chi connectivity index (χ3n) is 5.56. The highest BCUT2D eigenvalue weighted by atomic mass is 16.6. The smallest absolute Gasteiger partial charge is 0.410 e. The number of methoxy groups -OCH3 is 1. The number of nitrogens with one attached hydrogen (secondary N) is 2. The molecule has 2 aromatic carbocycles. The molecule has 1 aliphatic heterocycles. The van der Waals surface area contributed by atoms with Gasteiger partial charge in [-0.1, -0.05) is 42.5 Å². The van der Waals surface area contributed by atoms with Gasteiger partial charge in [0.05, 0.1) is 12.8 Å². The number of carbonyl (C=O) groups excluding carboxylic acids is 2. The van der Waals surface area contributed by atoms with Crippen molar-refractivity contribution in [2.75, 3.05) is 32.1 Å². The van der Waals surface area contributed by atoms with Gasteiger partial charge in [-0.25, -0.2) is 9.59 Å². The van der Waals surface area contributed by atoms with Gasteiger partial charge in [-0.2, -0.15) is 0 Å². The first-order valence-corrected chi connectivity index (χ1v) is 10.9. The number of rotatable bonds is 5. The number of piperidine rings is 1. The second-order valence-electron chi connectivity index (χ2n) is 9.16. The molecule has 32 heavy (non-hydrogen) atoms. The Morgan fingerprint density at radius 2 is 1.75 bits per heavy atom. The Bertz CT molecular complexity index is 926. The molecule has 7 heteroatoms. The fourth-order valence-corrected chi connectivity index (χ4v) is 4.05. The molecule has 2 N–H and O–H groups in total. The Morgan fingerprint density at radius 1 is 1.06 bits per heavy atom. The number of hydrogen-bond acceptors (Lipinski definition) is 4. The summed E-state index contributed by atoms with van der Waals surface area (Å²) in [4.78, 5) is 27.2. The molecule has 1 atom stereocenters. The Labute approximate surface area is 190 Å². The van der Waals surface area contributed by atoms with Crippen molar-refractivity contribution in [3.63, 3.8) is 0 Å². The summed E-state index contributed by atoms with van der Waals surface area (Å²) >= 11 is 0. The van der Waals surface area contributed by atoms with E-state index in [1.54, 1.807) is 24.1 Å². The Balaban J connectivity index is 1.76. The van der Waals surface area contributed by atoms with Crippen molar-refractivity contribution in [2.45, 2.75) is 44.6 Å². The number of para-hydroxylation sites is 2. The van der Waals surface area contributed by atoms with E-state index < -0.39 is 11.0 Å². The summed E-state index contributed by atoms with van der Waals surface area (Å²) in [6.07, 6.45) is 1.35. The molecule has 1 fully saturated rings. The molecule has 0 aromatic heterocycles. The molecule has 1 unspecified atom stereocenters. The van der Waals surface area contributed by atoms with Crippen LogP contribution in [0.2, 0.25) is 0 Å². The lowest BCUT2D eigenvalue weighted by molar-refractivity contribution is 0.0136. The number of hydrogen-bond donors (Lipinski definition) is 2. The van der Waals surface area contributed by atoms with Gasteiger partial charge in [-0.3, -0.25) is 0 Å². The zero-order chi connectivity index (χ0) is 23.2. The normalized spacial score (nSPS) is 18.6. The second kappa shape index (κ2) is 9.94. The van der Waals surface area contributed by atoms with E-state index in [4.69, 9.17) is 9.47 Å². The molecule has 3 amide bonds. The molecule has 172 valence electrons. The van der Waals surface area contributed by atoms with Gasteiger partial charge in [-0.15, -0.1) is 0 Å². The van der Waals surface area contributed by atoms with Crippen LogP contribution in [0.1, 0.15) is 39.2 Å². The van der Waals surface area contributed by atoms with Gasteiger partial charge in [-0.05, 0) is 51.3 Å². The van der Waals surface area contributed by atoms with Gasteiger partial charge in [0.1, 0.15) is 11.4 Å². The minimum absolute atomic E-state index is 0.320. The van der Waals surface area contributed by atoms with E-state index in [9.17, 15) is 9.59 Å². The number of carbonyl (C=O) groups is 2. The van der Waals surface area contributed by atoms with Crippen molar-refractivity contribution >= 4 is 17.8 Å². The summed E-state index contributed by atoms with van der Waals surface area (Å²) < 4.78 is 10.9. The van der Waals surface area contributed by atoms with Crippen LogP contribution in [0, 0.1) is 0 Å². The van der Waals surface area contributed by atoms with Crippen LogP contribution >= 0.6 is 0 Å². The maximum Gasteiger partial charge on any atom is 0.410 e. The molecule has 1 aliphatic rings. The lowest BCUT2D eigenvalue weighted by Crippen LogP contribution is -2.54. The largest absolute Gasteiger partial charge is 0.495 e. The minimum Gasteiger partial charge on any atom is -0.495 e. The zero-order valence-corrected chi connectivity index (χ0v) is 19.3. The molecule has 0 spiro atoms. The summed E-state index contributed by atoms with van der Waals surface area (Å²) in [5.74, 6) is 0.592. The highest BCUT2D eigenvalue weighted by Crippen LogP contribution is 2.34. The van der Waals surface area contributed by atoms with Crippen LogP contribution in [0.4, 0.5) is 15.3 Å². The van der Waals surface area contributed by atoms with E-state index in [0.717, 1.165) is 18.4 Å². The number of urea groups is 1. The SMILES string of the molecule is COc1ccccc1NC(=O)NCC1(c2ccccc2)CCCN(C(=O)OC(C)(C)C)C1. The highest BCUT2D eigenvalue weighted by molar-refractivity contribution is 5.91. The van der Waals surface area contributed by atoms with Crippen LogP contribution in [0.3, 0.4) is 0 Å².